The Morgan fingerprint density at radius 2 is 1.79 bits per heavy atom. The highest BCUT2D eigenvalue weighted by Crippen LogP contribution is 2.28. The Bertz CT molecular complexity index is 506. The van der Waals surface area contributed by atoms with Crippen LogP contribution < -0.4 is 0 Å². The maximum Gasteiger partial charge on any atom is 0.192 e. The van der Waals surface area contributed by atoms with Gasteiger partial charge in [0.05, 0.1) is 5.56 Å². The lowest BCUT2D eigenvalue weighted by atomic mass is 10.1. The van der Waals surface area contributed by atoms with E-state index in [0.717, 1.165) is 5.39 Å². The van der Waals surface area contributed by atoms with Crippen LogP contribution in [0.2, 0.25) is 0 Å². The van der Waals surface area contributed by atoms with Crippen LogP contribution in [0.15, 0.2) is 36.4 Å². The molecule has 0 atom stereocenters. The number of aromatic hydroxyl groups is 1. The zero-order valence-electron chi connectivity index (χ0n) is 7.27. The van der Waals surface area contributed by atoms with Gasteiger partial charge in [-0.05, 0) is 23.7 Å². The molecule has 0 spiro atoms. The summed E-state index contributed by atoms with van der Waals surface area (Å²) in [5.74, 6) is 0.0376. The molecular formula is C11H8O2S. The van der Waals surface area contributed by atoms with Crippen molar-refractivity contribution in [3.05, 3.63) is 42.0 Å². The molecule has 0 fully saturated rings. The lowest BCUT2D eigenvalue weighted by Crippen LogP contribution is -1.94. The summed E-state index contributed by atoms with van der Waals surface area (Å²) in [6.07, 6.45) is 0. The van der Waals surface area contributed by atoms with E-state index in [9.17, 15) is 5.11 Å². The van der Waals surface area contributed by atoms with Crippen molar-refractivity contribution in [1.82, 2.24) is 0 Å². The molecule has 3 heteroatoms. The van der Waals surface area contributed by atoms with Crippen molar-refractivity contribution >= 4 is 28.0 Å². The summed E-state index contributed by atoms with van der Waals surface area (Å²) in [6.45, 7) is 0. The molecule has 0 aliphatic rings. The molecule has 0 aromatic heterocycles. The average Bonchev–Trinajstić information content (AvgIpc) is 2.18. The van der Waals surface area contributed by atoms with Crippen LogP contribution in [0.5, 0.6) is 5.75 Å². The number of hydrogen-bond donors (Lipinski definition) is 2. The highest BCUT2D eigenvalue weighted by atomic mass is 32.1. The molecule has 14 heavy (non-hydrogen) atoms. The summed E-state index contributed by atoms with van der Waals surface area (Å²) in [5.41, 5.74) is 0.304. The normalized spacial score (nSPS) is 10.3. The predicted octanol–water partition coefficient (Wildman–Crippen LogP) is 2.78. The van der Waals surface area contributed by atoms with Crippen molar-refractivity contribution in [2.45, 2.75) is 0 Å². The third-order valence-electron chi connectivity index (χ3n) is 2.13. The molecule has 0 saturated carbocycles. The molecule has 0 saturated heterocycles. The smallest absolute Gasteiger partial charge is 0.192 e. The fourth-order valence-electron chi connectivity index (χ4n) is 1.43. The van der Waals surface area contributed by atoms with E-state index in [-0.39, 0.29) is 10.8 Å². The molecule has 0 aliphatic heterocycles. The Morgan fingerprint density at radius 3 is 2.50 bits per heavy atom. The molecular weight excluding hydrogens is 196 g/mol. The van der Waals surface area contributed by atoms with Crippen molar-refractivity contribution in [2.75, 3.05) is 0 Å². The first kappa shape index (κ1) is 8.97. The number of phenols is 1. The third-order valence-corrected chi connectivity index (χ3v) is 2.35. The van der Waals surface area contributed by atoms with Gasteiger partial charge >= 0.3 is 0 Å². The van der Waals surface area contributed by atoms with Crippen molar-refractivity contribution in [3.63, 3.8) is 0 Å². The van der Waals surface area contributed by atoms with Crippen molar-refractivity contribution in [2.24, 2.45) is 0 Å². The van der Waals surface area contributed by atoms with Gasteiger partial charge < -0.3 is 10.2 Å². The number of thiocarbonyl (C=S) groups is 1. The Morgan fingerprint density at radius 1 is 1.07 bits per heavy atom. The van der Waals surface area contributed by atoms with Crippen LogP contribution in [0.4, 0.5) is 0 Å². The van der Waals surface area contributed by atoms with E-state index in [4.69, 9.17) is 5.11 Å². The molecule has 0 radical (unpaired) electrons. The van der Waals surface area contributed by atoms with Gasteiger partial charge in [-0.1, -0.05) is 30.3 Å². The summed E-state index contributed by atoms with van der Waals surface area (Å²) in [5, 5.41) is 20.2. The van der Waals surface area contributed by atoms with E-state index in [2.05, 4.69) is 12.2 Å². The number of phenolic OH excluding ortho intramolecular Hbond substituents is 1. The van der Waals surface area contributed by atoms with Gasteiger partial charge in [0.15, 0.2) is 5.05 Å². The molecule has 0 heterocycles. The van der Waals surface area contributed by atoms with Gasteiger partial charge in [0.2, 0.25) is 0 Å². The highest BCUT2D eigenvalue weighted by Gasteiger charge is 2.08. The number of aliphatic hydroxyl groups excluding tert-OH is 1. The number of fused-ring (bicyclic) bond motifs is 1. The molecule has 2 aromatic carbocycles. The van der Waals surface area contributed by atoms with Crippen LogP contribution in [0.25, 0.3) is 10.8 Å². The minimum Gasteiger partial charge on any atom is -0.506 e. The van der Waals surface area contributed by atoms with Crippen LogP contribution in [-0.2, 0) is 0 Å². The van der Waals surface area contributed by atoms with E-state index in [0.29, 0.717) is 10.9 Å². The average molecular weight is 204 g/mol. The highest BCUT2D eigenvalue weighted by molar-refractivity contribution is 7.80. The Kier molecular flexibility index (Phi) is 2.09. The fourth-order valence-corrected chi connectivity index (χ4v) is 1.59. The standard InChI is InChI=1S/C11H8O2S/c12-10-8-4-2-1-3-7(8)5-6-9(10)11(13)14/h1-6,12H,(H,13,14). The van der Waals surface area contributed by atoms with Gasteiger partial charge in [0.1, 0.15) is 5.75 Å². The number of hydrogen-bond acceptors (Lipinski definition) is 2. The molecule has 2 rings (SSSR count). The van der Waals surface area contributed by atoms with Crippen molar-refractivity contribution < 1.29 is 10.2 Å². The van der Waals surface area contributed by atoms with Gasteiger partial charge in [0.25, 0.3) is 0 Å². The van der Waals surface area contributed by atoms with Crippen LogP contribution >= 0.6 is 12.2 Å². The van der Waals surface area contributed by atoms with Gasteiger partial charge in [-0.2, -0.15) is 0 Å². The second-order valence-electron chi connectivity index (χ2n) is 2.99. The topological polar surface area (TPSA) is 40.5 Å². The molecule has 2 N–H and O–H groups in total. The molecule has 2 nitrogen and oxygen atoms in total. The lowest BCUT2D eigenvalue weighted by Gasteiger charge is -2.04. The summed E-state index contributed by atoms with van der Waals surface area (Å²) < 4.78 is 0. The van der Waals surface area contributed by atoms with Crippen LogP contribution in [-0.4, -0.2) is 15.3 Å². The third kappa shape index (κ3) is 1.32. The monoisotopic (exact) mass is 204 g/mol. The minimum absolute atomic E-state index is 0.0376. The van der Waals surface area contributed by atoms with Gasteiger partial charge in [0, 0.05) is 5.39 Å². The first-order valence-corrected chi connectivity index (χ1v) is 4.55. The quantitative estimate of drug-likeness (QED) is 0.702. The zero-order chi connectivity index (χ0) is 10.1. The minimum atomic E-state index is -0.284. The fraction of sp³-hybridized carbons (Fsp3) is 0. The second-order valence-corrected chi connectivity index (χ2v) is 3.37. The summed E-state index contributed by atoms with van der Waals surface area (Å²) in [6, 6.07) is 10.8. The van der Waals surface area contributed by atoms with Crippen LogP contribution in [0.3, 0.4) is 0 Å². The number of benzene rings is 2. The maximum absolute atomic E-state index is 9.77. The Labute approximate surface area is 86.4 Å². The first-order valence-electron chi connectivity index (χ1n) is 4.14. The maximum atomic E-state index is 9.77. The molecule has 0 aliphatic carbocycles. The molecule has 2 aromatic rings. The Balaban J connectivity index is 2.81. The first-order chi connectivity index (χ1) is 6.70. The van der Waals surface area contributed by atoms with Gasteiger partial charge in [-0.3, -0.25) is 0 Å². The van der Waals surface area contributed by atoms with E-state index in [1.54, 1.807) is 12.1 Å². The second kappa shape index (κ2) is 3.27. The lowest BCUT2D eigenvalue weighted by molar-refractivity contribution is 0.476. The van der Waals surface area contributed by atoms with Crippen molar-refractivity contribution in [1.29, 1.82) is 0 Å². The van der Waals surface area contributed by atoms with Crippen LogP contribution in [0.1, 0.15) is 5.56 Å². The molecule has 0 bridgehead atoms. The summed E-state index contributed by atoms with van der Waals surface area (Å²) in [4.78, 5) is 0. The summed E-state index contributed by atoms with van der Waals surface area (Å²) in [7, 11) is 0. The van der Waals surface area contributed by atoms with E-state index in [1.165, 1.54) is 0 Å². The molecule has 70 valence electrons. The van der Waals surface area contributed by atoms with E-state index >= 15 is 0 Å². The van der Waals surface area contributed by atoms with E-state index in [1.807, 2.05) is 24.3 Å². The predicted molar refractivity (Wildman–Crippen MR) is 59.9 cm³/mol. The zero-order valence-corrected chi connectivity index (χ0v) is 8.08. The van der Waals surface area contributed by atoms with E-state index < -0.39 is 0 Å². The molecule has 0 amide bonds. The summed E-state index contributed by atoms with van der Waals surface area (Å²) >= 11 is 4.61. The molecule has 0 unspecified atom stereocenters. The van der Waals surface area contributed by atoms with Gasteiger partial charge in [-0.25, -0.2) is 0 Å². The number of aliphatic hydroxyl groups is 1. The number of rotatable bonds is 1. The Hall–Kier alpha value is -1.61. The largest absolute Gasteiger partial charge is 0.506 e. The van der Waals surface area contributed by atoms with Crippen molar-refractivity contribution in [3.8, 4) is 5.75 Å². The van der Waals surface area contributed by atoms with Crippen LogP contribution in [0, 0.1) is 0 Å². The SMILES string of the molecule is OC(=S)c1ccc2ccccc2c1O. The van der Waals surface area contributed by atoms with Gasteiger partial charge in [-0.15, -0.1) is 0 Å².